The Morgan fingerprint density at radius 3 is 1.88 bits per heavy atom. The highest BCUT2D eigenvalue weighted by atomic mass is 19.1. The highest BCUT2D eigenvalue weighted by Crippen LogP contribution is 2.42. The van der Waals surface area contributed by atoms with Gasteiger partial charge in [-0.1, -0.05) is 66.7 Å². The minimum Gasteiger partial charge on any atom is -0.479 e. The molecule has 120 valence electrons. The number of benzene rings is 5. The maximum Gasteiger partial charge on any atom is 0.343 e. The van der Waals surface area contributed by atoms with Crippen LogP contribution in [-0.2, 0) is 4.79 Å². The molecule has 0 heterocycles. The highest BCUT2D eigenvalue weighted by Gasteiger charge is 2.22. The number of rotatable bonds is 2. The molecule has 5 aromatic rings. The third kappa shape index (κ3) is 1.81. The van der Waals surface area contributed by atoms with Crippen molar-refractivity contribution in [2.75, 3.05) is 0 Å². The summed E-state index contributed by atoms with van der Waals surface area (Å²) in [6, 6.07) is 21.5. The molecule has 3 heteroatoms. The lowest BCUT2D eigenvalue weighted by molar-refractivity contribution is -0.142. The Hall–Kier alpha value is -3.20. The summed E-state index contributed by atoms with van der Waals surface area (Å²) in [7, 11) is 0. The summed E-state index contributed by atoms with van der Waals surface area (Å²) < 4.78 is 14.3. The van der Waals surface area contributed by atoms with Gasteiger partial charge in [0.05, 0.1) is 0 Å². The van der Waals surface area contributed by atoms with Crippen LogP contribution in [0.25, 0.3) is 43.1 Å². The van der Waals surface area contributed by atoms with E-state index in [2.05, 4.69) is 24.3 Å². The van der Waals surface area contributed by atoms with Gasteiger partial charge in [-0.05, 0) is 43.1 Å². The fourth-order valence-corrected chi connectivity index (χ4v) is 4.02. The molecule has 2 nitrogen and oxygen atoms in total. The number of halogens is 1. The van der Waals surface area contributed by atoms with Crippen molar-refractivity contribution in [1.29, 1.82) is 0 Å². The molecule has 0 aliphatic heterocycles. The number of aliphatic carboxylic acids is 1. The summed E-state index contributed by atoms with van der Waals surface area (Å²) in [6.45, 7) is 0. The molecule has 0 saturated heterocycles. The molecule has 0 fully saturated rings. The van der Waals surface area contributed by atoms with E-state index in [1.165, 1.54) is 5.39 Å². The van der Waals surface area contributed by atoms with E-state index in [4.69, 9.17) is 5.11 Å². The number of hydrogen-bond acceptors (Lipinski definition) is 1. The van der Waals surface area contributed by atoms with Gasteiger partial charge in [0.25, 0.3) is 0 Å². The molecule has 0 amide bonds. The van der Waals surface area contributed by atoms with Crippen molar-refractivity contribution >= 4 is 49.1 Å². The Kier molecular flexibility index (Phi) is 2.78. The summed E-state index contributed by atoms with van der Waals surface area (Å²) in [6.07, 6.45) is -2.03. The first-order chi connectivity index (χ1) is 12.2. The molecular weight excluding hydrogens is 315 g/mol. The van der Waals surface area contributed by atoms with Crippen LogP contribution >= 0.6 is 0 Å². The lowest BCUT2D eigenvalue weighted by Crippen LogP contribution is -2.06. The highest BCUT2D eigenvalue weighted by molar-refractivity contribution is 6.33. The third-order valence-corrected chi connectivity index (χ3v) is 5.05. The van der Waals surface area contributed by atoms with Gasteiger partial charge in [-0.25, -0.2) is 9.18 Å². The van der Waals surface area contributed by atoms with Crippen LogP contribution in [0.1, 0.15) is 11.7 Å². The van der Waals surface area contributed by atoms with Crippen LogP contribution in [0, 0.1) is 0 Å². The fourth-order valence-electron chi connectivity index (χ4n) is 4.02. The van der Waals surface area contributed by atoms with Gasteiger partial charge in [0.2, 0.25) is 6.17 Å². The minimum atomic E-state index is -2.03. The molecule has 0 spiro atoms. The zero-order valence-electron chi connectivity index (χ0n) is 13.2. The first-order valence-corrected chi connectivity index (χ1v) is 8.12. The van der Waals surface area contributed by atoms with E-state index in [1.807, 2.05) is 30.3 Å². The van der Waals surface area contributed by atoms with Gasteiger partial charge in [-0.15, -0.1) is 0 Å². The molecule has 5 rings (SSSR count). The smallest absolute Gasteiger partial charge is 0.343 e. The van der Waals surface area contributed by atoms with Crippen LogP contribution in [0.4, 0.5) is 4.39 Å². The van der Waals surface area contributed by atoms with Crippen molar-refractivity contribution in [1.82, 2.24) is 0 Å². The Labute approximate surface area is 142 Å². The molecule has 0 aromatic heterocycles. The standard InChI is InChI=1S/C22H13FO2/c23-21(22(24)25)18-11-10-17-14-7-2-5-12-4-1-6-13(19(12)14)15-8-3-9-16(18)20(15)17/h1-11,21H,(H,24,25). The van der Waals surface area contributed by atoms with Gasteiger partial charge in [-0.3, -0.25) is 0 Å². The molecule has 25 heavy (non-hydrogen) atoms. The second-order valence-electron chi connectivity index (χ2n) is 6.34. The van der Waals surface area contributed by atoms with Crippen LogP contribution in [0.15, 0.2) is 66.7 Å². The number of hydrogen-bond donors (Lipinski definition) is 1. The van der Waals surface area contributed by atoms with E-state index in [0.29, 0.717) is 5.39 Å². The lowest BCUT2D eigenvalue weighted by atomic mass is 9.88. The SMILES string of the molecule is O=C(O)C(F)c1ccc2c3cccc4cccc(c5cccc1c52)c43. The predicted octanol–water partition coefficient (Wildman–Crippen LogP) is 5.83. The predicted molar refractivity (Wildman–Crippen MR) is 99.1 cm³/mol. The normalized spacial score (nSPS) is 13.2. The largest absolute Gasteiger partial charge is 0.479 e. The summed E-state index contributed by atoms with van der Waals surface area (Å²) in [5.41, 5.74) is 0.208. The second kappa shape index (κ2) is 4.90. The molecule has 1 atom stereocenters. The maximum absolute atomic E-state index is 14.3. The molecule has 0 radical (unpaired) electrons. The van der Waals surface area contributed by atoms with Gasteiger partial charge < -0.3 is 5.11 Å². The number of carboxylic acids is 1. The Bertz CT molecular complexity index is 1240. The van der Waals surface area contributed by atoms with E-state index in [1.54, 1.807) is 12.1 Å². The molecule has 0 aliphatic rings. The summed E-state index contributed by atoms with van der Waals surface area (Å²) in [4.78, 5) is 11.2. The van der Waals surface area contributed by atoms with Crippen LogP contribution in [0.3, 0.4) is 0 Å². The number of carboxylic acid groups (broad SMARTS) is 1. The van der Waals surface area contributed by atoms with Crippen LogP contribution in [0.5, 0.6) is 0 Å². The Balaban J connectivity index is 2.09. The molecule has 5 aromatic carbocycles. The first-order valence-electron chi connectivity index (χ1n) is 8.12. The maximum atomic E-state index is 14.3. The third-order valence-electron chi connectivity index (χ3n) is 5.05. The average molecular weight is 328 g/mol. The average Bonchev–Trinajstić information content (AvgIpc) is 2.65. The van der Waals surface area contributed by atoms with E-state index in [0.717, 1.165) is 32.3 Å². The van der Waals surface area contributed by atoms with Crippen molar-refractivity contribution < 1.29 is 14.3 Å². The summed E-state index contributed by atoms with van der Waals surface area (Å²) in [5.74, 6) is -1.46. The molecule has 0 bridgehead atoms. The van der Waals surface area contributed by atoms with Crippen LogP contribution < -0.4 is 0 Å². The summed E-state index contributed by atoms with van der Waals surface area (Å²) >= 11 is 0. The topological polar surface area (TPSA) is 37.3 Å². The monoisotopic (exact) mass is 328 g/mol. The van der Waals surface area contributed by atoms with Crippen LogP contribution in [-0.4, -0.2) is 11.1 Å². The fraction of sp³-hybridized carbons (Fsp3) is 0.0455. The molecule has 0 saturated carbocycles. The molecule has 1 N–H and O–H groups in total. The number of carbonyl (C=O) groups is 1. The molecule has 0 aliphatic carbocycles. The van der Waals surface area contributed by atoms with Gasteiger partial charge in [-0.2, -0.15) is 0 Å². The molecule has 1 unspecified atom stereocenters. The lowest BCUT2D eigenvalue weighted by Gasteiger charge is -2.16. The van der Waals surface area contributed by atoms with Crippen molar-refractivity contribution in [2.45, 2.75) is 6.17 Å². The van der Waals surface area contributed by atoms with Gasteiger partial charge in [0.1, 0.15) is 0 Å². The van der Waals surface area contributed by atoms with E-state index in [9.17, 15) is 9.18 Å². The van der Waals surface area contributed by atoms with Crippen molar-refractivity contribution in [3.63, 3.8) is 0 Å². The zero-order chi connectivity index (χ0) is 17.1. The molecular formula is C22H13FO2. The van der Waals surface area contributed by atoms with E-state index >= 15 is 0 Å². The van der Waals surface area contributed by atoms with E-state index < -0.39 is 12.1 Å². The minimum absolute atomic E-state index is 0.208. The van der Waals surface area contributed by atoms with Crippen molar-refractivity contribution in [3.8, 4) is 0 Å². The van der Waals surface area contributed by atoms with E-state index in [-0.39, 0.29) is 5.56 Å². The van der Waals surface area contributed by atoms with Gasteiger partial charge in [0.15, 0.2) is 0 Å². The quantitative estimate of drug-likeness (QED) is 0.327. The van der Waals surface area contributed by atoms with Crippen molar-refractivity contribution in [2.24, 2.45) is 0 Å². The van der Waals surface area contributed by atoms with Crippen molar-refractivity contribution in [3.05, 3.63) is 72.3 Å². The summed E-state index contributed by atoms with van der Waals surface area (Å²) in [5, 5.41) is 17.3. The Morgan fingerprint density at radius 1 is 0.720 bits per heavy atom. The van der Waals surface area contributed by atoms with Gasteiger partial charge in [0, 0.05) is 5.56 Å². The Morgan fingerprint density at radius 2 is 1.24 bits per heavy atom. The number of alkyl halides is 1. The first kappa shape index (κ1) is 14.2. The van der Waals surface area contributed by atoms with Crippen LogP contribution in [0.2, 0.25) is 0 Å². The van der Waals surface area contributed by atoms with Gasteiger partial charge >= 0.3 is 5.97 Å². The number of fused-ring (bicyclic) bond motifs is 2. The zero-order valence-corrected chi connectivity index (χ0v) is 13.2. The second-order valence-corrected chi connectivity index (χ2v) is 6.34.